The zero-order valence-electron chi connectivity index (χ0n) is 11.6. The van der Waals surface area contributed by atoms with E-state index in [9.17, 15) is 9.90 Å². The molecule has 0 spiro atoms. The van der Waals surface area contributed by atoms with Crippen molar-refractivity contribution in [1.29, 1.82) is 0 Å². The number of amides is 2. The van der Waals surface area contributed by atoms with Crippen LogP contribution in [-0.2, 0) is 6.42 Å². The molecule has 1 aliphatic heterocycles. The molecule has 19 heavy (non-hydrogen) atoms. The standard InChI is InChI=1S/C13H21N3O2S/c1-13(2,3)6-9-8-19-11(14-9)15-12(18)16-5-4-10(17)7-16/h8,10,17H,4-7H2,1-3H3,(H,14,15,18)/t10-/m1/s1. The summed E-state index contributed by atoms with van der Waals surface area (Å²) in [7, 11) is 0. The van der Waals surface area contributed by atoms with E-state index < -0.39 is 6.10 Å². The lowest BCUT2D eigenvalue weighted by Gasteiger charge is -2.16. The highest BCUT2D eigenvalue weighted by molar-refractivity contribution is 7.13. The van der Waals surface area contributed by atoms with Crippen molar-refractivity contribution in [2.75, 3.05) is 18.4 Å². The molecule has 5 nitrogen and oxygen atoms in total. The average molecular weight is 283 g/mol. The molecular weight excluding hydrogens is 262 g/mol. The number of hydrogen-bond donors (Lipinski definition) is 2. The summed E-state index contributed by atoms with van der Waals surface area (Å²) in [4.78, 5) is 18.0. The van der Waals surface area contributed by atoms with Crippen molar-refractivity contribution in [3.63, 3.8) is 0 Å². The maximum Gasteiger partial charge on any atom is 0.323 e. The van der Waals surface area contributed by atoms with E-state index in [1.807, 2.05) is 5.38 Å². The third-order valence-electron chi connectivity index (χ3n) is 2.93. The third-order valence-corrected chi connectivity index (χ3v) is 3.73. The van der Waals surface area contributed by atoms with Crippen LogP contribution in [0.5, 0.6) is 0 Å². The zero-order valence-corrected chi connectivity index (χ0v) is 12.5. The number of urea groups is 1. The second-order valence-electron chi connectivity index (χ2n) is 6.20. The van der Waals surface area contributed by atoms with Gasteiger partial charge < -0.3 is 10.0 Å². The van der Waals surface area contributed by atoms with Crippen LogP contribution in [0.2, 0.25) is 0 Å². The molecule has 0 unspecified atom stereocenters. The van der Waals surface area contributed by atoms with Crippen LogP contribution in [0.3, 0.4) is 0 Å². The highest BCUT2D eigenvalue weighted by Crippen LogP contribution is 2.24. The van der Waals surface area contributed by atoms with Gasteiger partial charge in [-0.3, -0.25) is 5.32 Å². The maximum absolute atomic E-state index is 11.9. The summed E-state index contributed by atoms with van der Waals surface area (Å²) >= 11 is 1.45. The van der Waals surface area contributed by atoms with E-state index in [4.69, 9.17) is 0 Å². The predicted molar refractivity (Wildman–Crippen MR) is 76.5 cm³/mol. The molecule has 1 saturated heterocycles. The molecule has 2 heterocycles. The largest absolute Gasteiger partial charge is 0.391 e. The van der Waals surface area contributed by atoms with Gasteiger partial charge in [-0.15, -0.1) is 11.3 Å². The molecule has 106 valence electrons. The fraction of sp³-hybridized carbons (Fsp3) is 0.692. The smallest absolute Gasteiger partial charge is 0.323 e. The summed E-state index contributed by atoms with van der Waals surface area (Å²) in [6.45, 7) is 7.50. The van der Waals surface area contributed by atoms with Gasteiger partial charge in [-0.25, -0.2) is 9.78 Å². The Kier molecular flexibility index (Phi) is 4.10. The van der Waals surface area contributed by atoms with Crippen LogP contribution >= 0.6 is 11.3 Å². The topological polar surface area (TPSA) is 65.5 Å². The number of carbonyl (C=O) groups excluding carboxylic acids is 1. The monoisotopic (exact) mass is 283 g/mol. The van der Waals surface area contributed by atoms with Crippen LogP contribution in [0.1, 0.15) is 32.9 Å². The van der Waals surface area contributed by atoms with Crippen molar-refractivity contribution in [3.05, 3.63) is 11.1 Å². The number of aliphatic hydroxyl groups excluding tert-OH is 1. The fourth-order valence-corrected chi connectivity index (χ4v) is 2.79. The summed E-state index contributed by atoms with van der Waals surface area (Å²) < 4.78 is 0. The number of nitrogens with zero attached hydrogens (tertiary/aromatic N) is 2. The molecule has 1 atom stereocenters. The molecule has 1 aromatic rings. The predicted octanol–water partition coefficient (Wildman–Crippen LogP) is 2.33. The Hall–Kier alpha value is -1.14. The van der Waals surface area contributed by atoms with Gasteiger partial charge in [0.25, 0.3) is 0 Å². The van der Waals surface area contributed by atoms with Crippen molar-refractivity contribution in [1.82, 2.24) is 9.88 Å². The summed E-state index contributed by atoms with van der Waals surface area (Å²) in [6, 6.07) is -0.173. The van der Waals surface area contributed by atoms with Gasteiger partial charge in [0.1, 0.15) is 0 Å². The molecule has 2 rings (SSSR count). The van der Waals surface area contributed by atoms with Crippen molar-refractivity contribution in [2.24, 2.45) is 5.41 Å². The lowest BCUT2D eigenvalue weighted by Crippen LogP contribution is -2.33. The Morgan fingerprint density at radius 3 is 2.95 bits per heavy atom. The van der Waals surface area contributed by atoms with Gasteiger partial charge in [0.05, 0.1) is 11.8 Å². The lowest BCUT2D eigenvalue weighted by atomic mass is 9.91. The molecule has 0 aliphatic carbocycles. The van der Waals surface area contributed by atoms with E-state index in [-0.39, 0.29) is 11.4 Å². The fourth-order valence-electron chi connectivity index (χ4n) is 2.09. The SMILES string of the molecule is CC(C)(C)Cc1csc(NC(=O)N2CC[C@@H](O)C2)n1. The second-order valence-corrected chi connectivity index (χ2v) is 7.06. The van der Waals surface area contributed by atoms with Gasteiger partial charge in [-0.1, -0.05) is 20.8 Å². The molecule has 0 aromatic carbocycles. The number of rotatable bonds is 2. The first-order chi connectivity index (χ1) is 8.83. The molecule has 1 aromatic heterocycles. The van der Waals surface area contributed by atoms with Gasteiger partial charge in [0, 0.05) is 18.5 Å². The number of carbonyl (C=O) groups is 1. The van der Waals surface area contributed by atoms with E-state index >= 15 is 0 Å². The van der Waals surface area contributed by atoms with Gasteiger partial charge >= 0.3 is 6.03 Å². The summed E-state index contributed by atoms with van der Waals surface area (Å²) in [5, 5.41) is 14.8. The van der Waals surface area contributed by atoms with Crippen molar-refractivity contribution in [3.8, 4) is 0 Å². The molecule has 2 amide bonds. The number of β-amino-alcohol motifs (C(OH)–C–C–N with tert-alkyl or cyclic N) is 1. The molecule has 1 fully saturated rings. The third kappa shape index (κ3) is 4.18. The van der Waals surface area contributed by atoms with E-state index in [2.05, 4.69) is 31.1 Å². The molecule has 0 saturated carbocycles. The number of anilines is 1. The van der Waals surface area contributed by atoms with Crippen molar-refractivity contribution >= 4 is 22.5 Å². The van der Waals surface area contributed by atoms with Gasteiger partial charge in [0.2, 0.25) is 0 Å². The van der Waals surface area contributed by atoms with E-state index in [1.165, 1.54) is 11.3 Å². The normalized spacial score (nSPS) is 19.8. The number of hydrogen-bond acceptors (Lipinski definition) is 4. The Balaban J connectivity index is 1.91. The zero-order chi connectivity index (χ0) is 14.0. The Morgan fingerprint density at radius 1 is 1.63 bits per heavy atom. The Morgan fingerprint density at radius 2 is 2.37 bits per heavy atom. The molecule has 6 heteroatoms. The first-order valence-corrected chi connectivity index (χ1v) is 7.40. The molecular formula is C13H21N3O2S. The van der Waals surface area contributed by atoms with Crippen LogP contribution in [-0.4, -0.2) is 40.2 Å². The molecule has 1 aliphatic rings. The van der Waals surface area contributed by atoms with E-state index in [1.54, 1.807) is 4.90 Å². The van der Waals surface area contributed by atoms with Crippen LogP contribution < -0.4 is 5.32 Å². The number of likely N-dealkylation sites (tertiary alicyclic amines) is 1. The minimum atomic E-state index is -0.390. The quantitative estimate of drug-likeness (QED) is 0.875. The van der Waals surface area contributed by atoms with Crippen LogP contribution in [0.25, 0.3) is 0 Å². The lowest BCUT2D eigenvalue weighted by molar-refractivity contribution is 0.176. The molecule has 0 bridgehead atoms. The number of aromatic nitrogens is 1. The first-order valence-electron chi connectivity index (χ1n) is 6.52. The second kappa shape index (κ2) is 5.46. The van der Waals surface area contributed by atoms with Crippen molar-refractivity contribution in [2.45, 2.75) is 39.7 Å². The number of nitrogens with one attached hydrogen (secondary N) is 1. The maximum atomic E-state index is 11.9. The molecule has 2 N–H and O–H groups in total. The minimum Gasteiger partial charge on any atom is -0.391 e. The average Bonchev–Trinajstić information content (AvgIpc) is 2.85. The molecule has 0 radical (unpaired) electrons. The highest BCUT2D eigenvalue weighted by atomic mass is 32.1. The first kappa shape index (κ1) is 14.3. The number of aliphatic hydroxyl groups is 1. The van der Waals surface area contributed by atoms with Gasteiger partial charge in [-0.2, -0.15) is 0 Å². The summed E-state index contributed by atoms with van der Waals surface area (Å²) in [5.41, 5.74) is 1.20. The van der Waals surface area contributed by atoms with Gasteiger partial charge in [-0.05, 0) is 18.3 Å². The van der Waals surface area contributed by atoms with Crippen LogP contribution in [0.15, 0.2) is 5.38 Å². The summed E-state index contributed by atoms with van der Waals surface area (Å²) in [6.07, 6.45) is 1.15. The van der Waals surface area contributed by atoms with Gasteiger partial charge in [0.15, 0.2) is 5.13 Å². The Bertz CT molecular complexity index is 453. The Labute approximate surface area is 117 Å². The van der Waals surface area contributed by atoms with Crippen molar-refractivity contribution < 1.29 is 9.90 Å². The number of thiazole rings is 1. The van der Waals surface area contributed by atoms with Crippen LogP contribution in [0, 0.1) is 5.41 Å². The van der Waals surface area contributed by atoms with E-state index in [0.717, 1.165) is 12.1 Å². The van der Waals surface area contributed by atoms with Crippen LogP contribution in [0.4, 0.5) is 9.93 Å². The van der Waals surface area contributed by atoms with E-state index in [0.29, 0.717) is 24.6 Å². The highest BCUT2D eigenvalue weighted by Gasteiger charge is 2.25. The summed E-state index contributed by atoms with van der Waals surface area (Å²) in [5.74, 6) is 0. The minimum absolute atomic E-state index is 0.173.